The van der Waals surface area contributed by atoms with Crippen molar-refractivity contribution >= 4 is 50.2 Å². The normalized spacial score (nSPS) is 17.2. The van der Waals surface area contributed by atoms with Gasteiger partial charge in [-0.15, -0.1) is 15.6 Å². The van der Waals surface area contributed by atoms with Gasteiger partial charge in [-0.1, -0.05) is 5.16 Å². The molecule has 3 rings (SSSR count). The summed E-state index contributed by atoms with van der Waals surface area (Å²) in [5.74, 6) is -1.29. The summed E-state index contributed by atoms with van der Waals surface area (Å²) >= 11 is 1.05. The minimum atomic E-state index is -4.94. The quantitative estimate of drug-likeness (QED) is 0.0616. The van der Waals surface area contributed by atoms with Crippen LogP contribution in [0, 0.1) is 12.3 Å². The molecule has 17 heteroatoms. The van der Waals surface area contributed by atoms with Gasteiger partial charge in [-0.2, -0.15) is 13.5 Å². The number of nitrogens with zero attached hydrogens (tertiary/aromatic N) is 3. The van der Waals surface area contributed by atoms with Crippen molar-refractivity contribution in [3.05, 3.63) is 40.4 Å². The highest BCUT2D eigenvalue weighted by atomic mass is 32.3. The van der Waals surface area contributed by atoms with Crippen LogP contribution in [-0.2, 0) is 29.1 Å². The average molecular weight is 556 g/mol. The second-order valence-corrected chi connectivity index (χ2v) is 10.2. The molecule has 2 aromatic rings. The number of ether oxygens (including phenoxy) is 1. The number of aromatic nitrogens is 1. The van der Waals surface area contributed by atoms with Crippen molar-refractivity contribution in [3.8, 4) is 5.75 Å². The summed E-state index contributed by atoms with van der Waals surface area (Å²) in [7, 11) is -4.94. The van der Waals surface area contributed by atoms with Crippen molar-refractivity contribution in [2.75, 3.05) is 18.9 Å². The monoisotopic (exact) mass is 555 g/mol. The van der Waals surface area contributed by atoms with Crippen molar-refractivity contribution in [1.82, 2.24) is 15.4 Å². The maximum atomic E-state index is 13.0. The van der Waals surface area contributed by atoms with Crippen LogP contribution in [0.1, 0.15) is 30.7 Å². The number of β-lactam (4-membered cyclic amide) rings is 1. The Morgan fingerprint density at radius 1 is 1.38 bits per heavy atom. The van der Waals surface area contributed by atoms with Crippen molar-refractivity contribution in [2.45, 2.75) is 32.4 Å². The van der Waals surface area contributed by atoms with E-state index < -0.39 is 33.8 Å². The number of carbonyl (C=O) groups excluding carboxylic acids is 2. The lowest BCUT2D eigenvalue weighted by Gasteiger charge is -2.50. The van der Waals surface area contributed by atoms with Crippen LogP contribution in [0.5, 0.6) is 5.75 Å². The molecule has 1 aromatic heterocycles. The van der Waals surface area contributed by atoms with Gasteiger partial charge in [0, 0.05) is 10.9 Å². The van der Waals surface area contributed by atoms with Gasteiger partial charge in [0.1, 0.15) is 29.9 Å². The van der Waals surface area contributed by atoms with Crippen molar-refractivity contribution in [1.29, 1.82) is 5.41 Å². The smallest absolute Gasteiger partial charge is 0.418 e. The van der Waals surface area contributed by atoms with E-state index in [0.29, 0.717) is 16.4 Å². The third-order valence-corrected chi connectivity index (χ3v) is 6.20. The number of benzene rings is 1. The van der Waals surface area contributed by atoms with Crippen LogP contribution < -0.4 is 21.5 Å². The fourth-order valence-electron chi connectivity index (χ4n) is 3.36. The lowest BCUT2D eigenvalue weighted by molar-refractivity contribution is -0.218. The molecule has 37 heavy (non-hydrogen) atoms. The van der Waals surface area contributed by atoms with E-state index in [2.05, 4.69) is 19.7 Å². The van der Waals surface area contributed by atoms with Gasteiger partial charge in [-0.25, -0.2) is 4.98 Å². The third-order valence-electron chi connectivity index (χ3n) is 5.19. The molecule has 1 aliphatic rings. The number of nitrogens with two attached hydrogens (primary N) is 2. The number of rotatable bonds is 11. The molecule has 2 heterocycles. The third kappa shape index (κ3) is 6.50. The standard InChI is InChI=1S/C20H25N7O8S2/c1-10-8-11(4-5-12(10)16(21)22)33-6-7-34-26-14(13-9-36-19(23)24-13)17(28)25-15-18(29)27(20(15,2)3)35-37(30,31)32/h4-5,8-9,15H,6-7H2,1-3H3,(H3,21,22)(H2,23,24)(H,25,28)(H,30,31,32)/t15-/m1/s1. The highest BCUT2D eigenvalue weighted by Crippen LogP contribution is 2.33. The molecule has 0 saturated carbocycles. The van der Waals surface area contributed by atoms with Gasteiger partial charge < -0.3 is 26.4 Å². The van der Waals surface area contributed by atoms with Crippen LogP contribution in [0.25, 0.3) is 0 Å². The largest absolute Gasteiger partial charge is 0.490 e. The summed E-state index contributed by atoms with van der Waals surface area (Å²) < 4.78 is 40.7. The van der Waals surface area contributed by atoms with Crippen molar-refractivity contribution in [3.63, 3.8) is 0 Å². The van der Waals surface area contributed by atoms with Gasteiger partial charge in [-0.05, 0) is 44.5 Å². The van der Waals surface area contributed by atoms with E-state index in [-0.39, 0.29) is 35.6 Å². The number of oxime groups is 1. The molecule has 1 aromatic carbocycles. The molecule has 15 nitrogen and oxygen atoms in total. The first kappa shape index (κ1) is 27.8. The van der Waals surface area contributed by atoms with Crippen LogP contribution >= 0.6 is 11.3 Å². The predicted molar refractivity (Wildman–Crippen MR) is 132 cm³/mol. The maximum absolute atomic E-state index is 13.0. The van der Waals surface area contributed by atoms with E-state index in [1.54, 1.807) is 25.1 Å². The predicted octanol–water partition coefficient (Wildman–Crippen LogP) is -0.0425. The summed E-state index contributed by atoms with van der Waals surface area (Å²) in [5, 5.41) is 15.8. The van der Waals surface area contributed by atoms with E-state index in [0.717, 1.165) is 16.9 Å². The molecular weight excluding hydrogens is 530 g/mol. The molecule has 0 radical (unpaired) electrons. The highest BCUT2D eigenvalue weighted by Gasteiger charge is 2.58. The zero-order valence-corrected chi connectivity index (χ0v) is 21.6. The summed E-state index contributed by atoms with van der Waals surface area (Å²) in [4.78, 5) is 34.5. The van der Waals surface area contributed by atoms with Crippen LogP contribution in [-0.4, -0.2) is 71.2 Å². The number of hydroxylamine groups is 2. The fraction of sp³-hybridized carbons (Fsp3) is 0.350. The molecule has 0 unspecified atom stereocenters. The summed E-state index contributed by atoms with van der Waals surface area (Å²) in [6, 6.07) is 3.82. The van der Waals surface area contributed by atoms with Crippen LogP contribution in [0.3, 0.4) is 0 Å². The second kappa shape index (κ2) is 10.7. The number of thiazole rings is 1. The molecule has 1 saturated heterocycles. The van der Waals surface area contributed by atoms with Gasteiger partial charge in [0.25, 0.3) is 11.8 Å². The highest BCUT2D eigenvalue weighted by molar-refractivity contribution is 7.80. The minimum Gasteiger partial charge on any atom is -0.490 e. The first-order valence-electron chi connectivity index (χ1n) is 10.5. The van der Waals surface area contributed by atoms with Gasteiger partial charge in [-0.3, -0.25) is 19.6 Å². The molecule has 0 aliphatic carbocycles. The Hall–Kier alpha value is -3.80. The number of carbonyl (C=O) groups is 2. The van der Waals surface area contributed by atoms with Crippen LogP contribution in [0.2, 0.25) is 0 Å². The van der Waals surface area contributed by atoms with Crippen molar-refractivity contribution < 1.29 is 36.4 Å². The Morgan fingerprint density at radius 3 is 2.62 bits per heavy atom. The van der Waals surface area contributed by atoms with Crippen LogP contribution in [0.15, 0.2) is 28.7 Å². The number of nitrogen functional groups attached to an aromatic ring is 2. The van der Waals surface area contributed by atoms with Crippen molar-refractivity contribution in [2.24, 2.45) is 10.9 Å². The van der Waals surface area contributed by atoms with E-state index in [1.165, 1.54) is 19.2 Å². The molecular formula is C20H25N7O8S2. The maximum Gasteiger partial charge on any atom is 0.418 e. The number of hydrogen-bond donors (Lipinski definition) is 5. The molecule has 2 amide bonds. The molecule has 7 N–H and O–H groups in total. The topological polar surface area (TPSA) is 233 Å². The Kier molecular flexibility index (Phi) is 8.01. The first-order valence-corrected chi connectivity index (χ1v) is 12.8. The number of nitrogens with one attached hydrogen (secondary N) is 2. The number of hydrogen-bond acceptors (Lipinski definition) is 12. The number of aryl methyl sites for hydroxylation is 1. The number of amidine groups is 1. The zero-order chi connectivity index (χ0) is 27.5. The van der Waals surface area contributed by atoms with E-state index in [9.17, 15) is 18.0 Å². The van der Waals surface area contributed by atoms with Crippen LogP contribution in [0.4, 0.5) is 5.13 Å². The Labute approximate surface area is 215 Å². The Balaban J connectivity index is 1.65. The molecule has 1 aliphatic heterocycles. The molecule has 1 atom stereocenters. The van der Waals surface area contributed by atoms with E-state index in [4.69, 9.17) is 31.0 Å². The van der Waals surface area contributed by atoms with Gasteiger partial charge in [0.2, 0.25) is 0 Å². The molecule has 0 spiro atoms. The zero-order valence-electron chi connectivity index (χ0n) is 19.9. The second-order valence-electron chi connectivity index (χ2n) is 8.28. The molecule has 0 bridgehead atoms. The minimum absolute atomic E-state index is 0.0548. The SMILES string of the molecule is Cc1cc(OCCON=C(C(=O)N[C@@H]2C(=O)N(OS(=O)(=O)O)C2(C)C)c2csc(N)n2)ccc1C(=N)N. The Bertz CT molecular complexity index is 1360. The summed E-state index contributed by atoms with van der Waals surface area (Å²) in [6.07, 6.45) is 0. The Morgan fingerprint density at radius 2 is 2.08 bits per heavy atom. The van der Waals surface area contributed by atoms with Gasteiger partial charge >= 0.3 is 10.4 Å². The molecule has 200 valence electrons. The average Bonchev–Trinajstić information content (AvgIpc) is 3.22. The first-order chi connectivity index (χ1) is 17.2. The van der Waals surface area contributed by atoms with E-state index in [1.807, 2.05) is 0 Å². The van der Waals surface area contributed by atoms with E-state index >= 15 is 0 Å². The summed E-state index contributed by atoms with van der Waals surface area (Å²) in [5.41, 5.74) is 11.0. The fourth-order valence-corrected chi connectivity index (χ4v) is 4.36. The summed E-state index contributed by atoms with van der Waals surface area (Å²) in [6.45, 7) is 4.62. The lowest BCUT2D eigenvalue weighted by atomic mass is 9.84. The number of anilines is 1. The number of amides is 2. The lowest BCUT2D eigenvalue weighted by Crippen LogP contribution is -2.76. The van der Waals surface area contributed by atoms with Gasteiger partial charge in [0.15, 0.2) is 17.5 Å². The molecule has 1 fully saturated rings. The van der Waals surface area contributed by atoms with Gasteiger partial charge in [0.05, 0.1) is 5.54 Å².